The number of carbonyl (C=O) groups excluding carboxylic acids is 2. The number of nitrogens with zero attached hydrogens (tertiary/aromatic N) is 4. The van der Waals surface area contributed by atoms with Crippen molar-refractivity contribution in [2.24, 2.45) is 21.0 Å². The zero-order chi connectivity index (χ0) is 19.0. The van der Waals surface area contributed by atoms with Gasteiger partial charge in [0.25, 0.3) is 5.91 Å². The van der Waals surface area contributed by atoms with Gasteiger partial charge in [0.1, 0.15) is 6.04 Å². The molecule has 4 rings (SSSR count). The van der Waals surface area contributed by atoms with E-state index >= 15 is 0 Å². The molecular weight excluding hydrogens is 364 g/mol. The lowest BCUT2D eigenvalue weighted by Gasteiger charge is -2.34. The van der Waals surface area contributed by atoms with Gasteiger partial charge in [-0.15, -0.1) is 0 Å². The molecule has 3 aliphatic rings. The first-order chi connectivity index (χ1) is 13.0. The molecule has 1 amide bonds. The highest BCUT2D eigenvalue weighted by atomic mass is 35.5. The van der Waals surface area contributed by atoms with Crippen molar-refractivity contribution in [1.82, 2.24) is 5.01 Å². The minimum atomic E-state index is -0.419. The second-order valence-electron chi connectivity index (χ2n) is 6.57. The lowest BCUT2D eigenvalue weighted by Crippen LogP contribution is -2.47. The summed E-state index contributed by atoms with van der Waals surface area (Å²) in [6.45, 7) is 1.90. The van der Waals surface area contributed by atoms with Gasteiger partial charge in [-0.2, -0.15) is 5.10 Å². The fourth-order valence-corrected chi connectivity index (χ4v) is 3.49. The Kier molecular flexibility index (Phi) is 4.58. The summed E-state index contributed by atoms with van der Waals surface area (Å²) in [6, 6.07) is 7.00. The maximum atomic E-state index is 12.9. The Bertz CT molecular complexity index is 974. The van der Waals surface area contributed by atoms with Crippen LogP contribution in [-0.2, 0) is 9.59 Å². The van der Waals surface area contributed by atoms with E-state index in [2.05, 4.69) is 15.1 Å². The summed E-state index contributed by atoms with van der Waals surface area (Å²) in [5.41, 5.74) is 2.64. The van der Waals surface area contributed by atoms with Gasteiger partial charge in [-0.3, -0.25) is 19.6 Å². The topological polar surface area (TPSA) is 74.5 Å². The minimum Gasteiger partial charge on any atom is -0.292 e. The summed E-state index contributed by atoms with van der Waals surface area (Å²) in [6.07, 6.45) is 7.36. The highest BCUT2D eigenvalue weighted by molar-refractivity contribution is 6.40. The third kappa shape index (κ3) is 3.40. The Balaban J connectivity index is 1.71. The van der Waals surface area contributed by atoms with Crippen LogP contribution in [0.1, 0.15) is 18.9 Å². The maximum Gasteiger partial charge on any atom is 0.252 e. The molecule has 0 aromatic heterocycles. The van der Waals surface area contributed by atoms with Crippen LogP contribution in [0.3, 0.4) is 0 Å². The molecule has 0 spiro atoms. The molecule has 1 aromatic carbocycles. The molecule has 0 fully saturated rings. The first-order valence-electron chi connectivity index (χ1n) is 8.66. The van der Waals surface area contributed by atoms with Crippen LogP contribution in [0, 0.1) is 5.92 Å². The molecule has 0 radical (unpaired) electrons. The van der Waals surface area contributed by atoms with E-state index in [1.165, 1.54) is 5.01 Å². The van der Waals surface area contributed by atoms with Crippen molar-refractivity contribution in [3.63, 3.8) is 0 Å². The van der Waals surface area contributed by atoms with E-state index in [0.29, 0.717) is 28.6 Å². The lowest BCUT2D eigenvalue weighted by atomic mass is 9.88. The number of ketones is 1. The van der Waals surface area contributed by atoms with E-state index in [0.717, 1.165) is 5.56 Å². The minimum absolute atomic E-state index is 0.00328. The Labute approximate surface area is 161 Å². The average molecular weight is 381 g/mol. The van der Waals surface area contributed by atoms with Crippen LogP contribution in [0.25, 0.3) is 0 Å². The zero-order valence-corrected chi connectivity index (χ0v) is 15.4. The number of rotatable bonds is 3. The molecule has 6 nitrogen and oxygen atoms in total. The molecule has 0 N–H and O–H groups in total. The van der Waals surface area contributed by atoms with Gasteiger partial charge in [-0.1, -0.05) is 35.9 Å². The first kappa shape index (κ1) is 17.5. The molecule has 2 unspecified atom stereocenters. The number of aliphatic imine (C=N–C) groups is 2. The summed E-state index contributed by atoms with van der Waals surface area (Å²) in [5, 5.41) is 6.61. The number of Topliss-reactive ketones (excluding diaryl/α,β-unsaturated/α-hetero) is 1. The van der Waals surface area contributed by atoms with Crippen LogP contribution in [0.2, 0.25) is 5.02 Å². The van der Waals surface area contributed by atoms with Crippen LogP contribution in [-0.4, -0.2) is 46.9 Å². The van der Waals surface area contributed by atoms with Crippen LogP contribution in [0.15, 0.2) is 63.3 Å². The van der Waals surface area contributed by atoms with Crippen molar-refractivity contribution in [3.05, 3.63) is 58.8 Å². The molecular formula is C20H17ClN4O2. The van der Waals surface area contributed by atoms with Gasteiger partial charge in [-0.25, -0.2) is 5.01 Å². The Morgan fingerprint density at radius 3 is 2.93 bits per heavy atom. The van der Waals surface area contributed by atoms with Gasteiger partial charge in [0.15, 0.2) is 5.78 Å². The standard InChI is InChI=1S/C20H17ClN4O2/c1-12-17(26)8-7-15(23-12)11-25-20(27)16-6-3-9-22-19(16)18(24-25)13-4-2-5-14(21)10-13/h2-7,9-10,16,19H,8,11H2,1H3. The van der Waals surface area contributed by atoms with E-state index in [9.17, 15) is 9.59 Å². The number of hydrogen-bond donors (Lipinski definition) is 0. The van der Waals surface area contributed by atoms with Gasteiger partial charge in [0, 0.05) is 23.2 Å². The van der Waals surface area contributed by atoms with E-state index in [1.54, 1.807) is 31.4 Å². The SMILES string of the molecule is CC1=NC(CN2N=C(c3cccc(Cl)c3)C3N=CC=CC3C2=O)=CCC1=O. The molecule has 7 heteroatoms. The molecule has 2 atom stereocenters. The number of halogens is 1. The second kappa shape index (κ2) is 7.04. The molecule has 27 heavy (non-hydrogen) atoms. The molecule has 136 valence electrons. The molecule has 3 aliphatic heterocycles. The van der Waals surface area contributed by atoms with E-state index in [1.807, 2.05) is 24.3 Å². The second-order valence-corrected chi connectivity index (χ2v) is 7.00. The smallest absolute Gasteiger partial charge is 0.252 e. The molecule has 1 aromatic rings. The molecule has 3 heterocycles. The molecule has 0 bridgehead atoms. The number of carbonyl (C=O) groups is 2. The molecule has 0 aliphatic carbocycles. The van der Waals surface area contributed by atoms with Crippen molar-refractivity contribution in [1.29, 1.82) is 0 Å². The maximum absolute atomic E-state index is 12.9. The van der Waals surface area contributed by atoms with Crippen LogP contribution in [0.5, 0.6) is 0 Å². The Hall–Kier alpha value is -2.86. The first-order valence-corrected chi connectivity index (χ1v) is 9.04. The van der Waals surface area contributed by atoms with Crippen LogP contribution >= 0.6 is 11.6 Å². The fourth-order valence-electron chi connectivity index (χ4n) is 3.30. The largest absolute Gasteiger partial charge is 0.292 e. The van der Waals surface area contributed by atoms with Gasteiger partial charge >= 0.3 is 0 Å². The number of amides is 1. The third-order valence-corrected chi connectivity index (χ3v) is 4.94. The van der Waals surface area contributed by atoms with Crippen LogP contribution < -0.4 is 0 Å². The number of allylic oxidation sites excluding steroid dienone is 2. The number of fused-ring (bicyclic) bond motifs is 1. The van der Waals surface area contributed by atoms with Crippen LogP contribution in [0.4, 0.5) is 0 Å². The third-order valence-electron chi connectivity index (χ3n) is 4.71. The summed E-state index contributed by atoms with van der Waals surface area (Å²) < 4.78 is 0. The lowest BCUT2D eigenvalue weighted by molar-refractivity contribution is -0.134. The van der Waals surface area contributed by atoms with Gasteiger partial charge in [0.2, 0.25) is 0 Å². The van der Waals surface area contributed by atoms with E-state index in [4.69, 9.17) is 11.6 Å². The quantitative estimate of drug-likeness (QED) is 0.808. The number of dihydropyridines is 1. The Morgan fingerprint density at radius 2 is 2.15 bits per heavy atom. The normalized spacial score (nSPS) is 24.4. The summed E-state index contributed by atoms with van der Waals surface area (Å²) in [4.78, 5) is 33.4. The van der Waals surface area contributed by atoms with Crippen molar-refractivity contribution < 1.29 is 9.59 Å². The highest BCUT2D eigenvalue weighted by Gasteiger charge is 2.39. The summed E-state index contributed by atoms with van der Waals surface area (Å²) in [7, 11) is 0. The van der Waals surface area contributed by atoms with Crippen molar-refractivity contribution >= 4 is 40.9 Å². The average Bonchev–Trinajstić information content (AvgIpc) is 2.67. The predicted octanol–water partition coefficient (Wildman–Crippen LogP) is 2.83. The number of hydrazone groups is 1. The highest BCUT2D eigenvalue weighted by Crippen LogP contribution is 2.28. The van der Waals surface area contributed by atoms with Gasteiger partial charge in [-0.05, 0) is 25.1 Å². The van der Waals surface area contributed by atoms with Gasteiger partial charge in [0.05, 0.1) is 29.6 Å². The van der Waals surface area contributed by atoms with Crippen molar-refractivity contribution in [2.45, 2.75) is 19.4 Å². The molecule has 0 saturated carbocycles. The fraction of sp³-hybridized carbons (Fsp3) is 0.250. The van der Waals surface area contributed by atoms with Gasteiger partial charge < -0.3 is 0 Å². The monoisotopic (exact) mass is 380 g/mol. The number of hydrogen-bond acceptors (Lipinski definition) is 5. The summed E-state index contributed by atoms with van der Waals surface area (Å²) in [5.74, 6) is -0.557. The predicted molar refractivity (Wildman–Crippen MR) is 105 cm³/mol. The Morgan fingerprint density at radius 1 is 1.30 bits per heavy atom. The number of benzene rings is 1. The van der Waals surface area contributed by atoms with E-state index < -0.39 is 5.92 Å². The van der Waals surface area contributed by atoms with E-state index in [-0.39, 0.29) is 24.3 Å². The van der Waals surface area contributed by atoms with Crippen molar-refractivity contribution in [2.75, 3.05) is 6.54 Å². The molecule has 0 saturated heterocycles. The van der Waals surface area contributed by atoms with Crippen molar-refractivity contribution in [3.8, 4) is 0 Å². The zero-order valence-electron chi connectivity index (χ0n) is 14.7. The summed E-state index contributed by atoms with van der Waals surface area (Å²) >= 11 is 6.14.